The summed E-state index contributed by atoms with van der Waals surface area (Å²) in [6.45, 7) is 1.44. The molecule has 18 heavy (non-hydrogen) atoms. The molecule has 0 unspecified atom stereocenters. The number of thiazole rings is 1. The van der Waals surface area contributed by atoms with E-state index in [9.17, 15) is 0 Å². The smallest absolute Gasteiger partial charge is 0.183 e. The van der Waals surface area contributed by atoms with Crippen LogP contribution >= 0.6 is 11.3 Å². The van der Waals surface area contributed by atoms with E-state index in [0.717, 1.165) is 28.7 Å². The second-order valence-corrected chi connectivity index (χ2v) is 4.55. The highest BCUT2D eigenvalue weighted by Gasteiger charge is 2.05. The van der Waals surface area contributed by atoms with Gasteiger partial charge in [0.1, 0.15) is 5.75 Å². The molecule has 0 saturated heterocycles. The lowest BCUT2D eigenvalue weighted by Gasteiger charge is -2.02. The van der Waals surface area contributed by atoms with Crippen LogP contribution in [0.2, 0.25) is 0 Å². The largest absolute Gasteiger partial charge is 0.497 e. The lowest BCUT2D eigenvalue weighted by atomic mass is 10.2. The Morgan fingerprint density at radius 1 is 1.33 bits per heavy atom. The van der Waals surface area contributed by atoms with E-state index in [2.05, 4.69) is 10.3 Å². The fourth-order valence-corrected chi connectivity index (χ4v) is 2.28. The van der Waals surface area contributed by atoms with E-state index in [-0.39, 0.29) is 0 Å². The van der Waals surface area contributed by atoms with E-state index in [4.69, 9.17) is 9.47 Å². The van der Waals surface area contributed by atoms with Crippen molar-refractivity contribution >= 4 is 16.5 Å². The molecule has 0 fully saturated rings. The fraction of sp³-hybridized carbons (Fsp3) is 0.308. The minimum Gasteiger partial charge on any atom is -0.497 e. The standard InChI is InChI=1S/C13H16N2O2S/c1-16-7-6-14-13-15-12(9-18-13)10-4-3-5-11(8-10)17-2/h3-5,8-9H,6-7H2,1-2H3,(H,14,15). The van der Waals surface area contributed by atoms with Crippen molar-refractivity contribution in [3.8, 4) is 17.0 Å². The predicted octanol–water partition coefficient (Wildman–Crippen LogP) is 2.88. The molecule has 0 saturated carbocycles. The molecule has 5 heteroatoms. The molecule has 0 radical (unpaired) electrons. The van der Waals surface area contributed by atoms with Crippen molar-refractivity contribution in [1.82, 2.24) is 4.98 Å². The number of methoxy groups -OCH3 is 2. The average molecular weight is 264 g/mol. The molecular formula is C13H16N2O2S. The first kappa shape index (κ1) is 12.9. The van der Waals surface area contributed by atoms with Gasteiger partial charge in [0.2, 0.25) is 0 Å². The van der Waals surface area contributed by atoms with Crippen LogP contribution in [-0.4, -0.2) is 32.4 Å². The highest BCUT2D eigenvalue weighted by molar-refractivity contribution is 7.14. The Morgan fingerprint density at radius 3 is 3.00 bits per heavy atom. The highest BCUT2D eigenvalue weighted by Crippen LogP contribution is 2.27. The summed E-state index contributed by atoms with van der Waals surface area (Å²) >= 11 is 1.59. The maximum atomic E-state index is 5.21. The van der Waals surface area contributed by atoms with Crippen LogP contribution in [0.25, 0.3) is 11.3 Å². The van der Waals surface area contributed by atoms with Crippen molar-refractivity contribution in [2.45, 2.75) is 0 Å². The molecule has 1 heterocycles. The molecule has 0 atom stereocenters. The Morgan fingerprint density at radius 2 is 2.22 bits per heavy atom. The Balaban J connectivity index is 2.08. The van der Waals surface area contributed by atoms with Crippen molar-refractivity contribution < 1.29 is 9.47 Å². The molecule has 4 nitrogen and oxygen atoms in total. The number of benzene rings is 1. The number of rotatable bonds is 6. The number of ether oxygens (including phenoxy) is 2. The minimum atomic E-state index is 0.675. The minimum absolute atomic E-state index is 0.675. The van der Waals surface area contributed by atoms with E-state index in [0.29, 0.717) is 6.61 Å². The van der Waals surface area contributed by atoms with Crippen molar-refractivity contribution in [2.75, 3.05) is 32.7 Å². The van der Waals surface area contributed by atoms with Crippen molar-refractivity contribution in [2.24, 2.45) is 0 Å². The third kappa shape index (κ3) is 3.21. The molecule has 0 aliphatic carbocycles. The first-order chi connectivity index (χ1) is 8.83. The fourth-order valence-electron chi connectivity index (χ4n) is 1.53. The van der Waals surface area contributed by atoms with Crippen molar-refractivity contribution in [3.63, 3.8) is 0 Å². The molecular weight excluding hydrogens is 248 g/mol. The number of hydrogen-bond acceptors (Lipinski definition) is 5. The Kier molecular flexibility index (Phi) is 4.55. The van der Waals surface area contributed by atoms with Gasteiger partial charge < -0.3 is 14.8 Å². The van der Waals surface area contributed by atoms with E-state index >= 15 is 0 Å². The molecule has 96 valence electrons. The van der Waals surface area contributed by atoms with Gasteiger partial charge >= 0.3 is 0 Å². The van der Waals surface area contributed by atoms with Crippen LogP contribution in [0.1, 0.15) is 0 Å². The van der Waals surface area contributed by atoms with Crippen LogP contribution in [0.15, 0.2) is 29.6 Å². The lowest BCUT2D eigenvalue weighted by Crippen LogP contribution is -2.06. The molecule has 2 rings (SSSR count). The second kappa shape index (κ2) is 6.37. The van der Waals surface area contributed by atoms with Crippen LogP contribution in [0.4, 0.5) is 5.13 Å². The summed E-state index contributed by atoms with van der Waals surface area (Å²) in [5.41, 5.74) is 2.02. The number of hydrogen-bond donors (Lipinski definition) is 1. The highest BCUT2D eigenvalue weighted by atomic mass is 32.1. The zero-order valence-electron chi connectivity index (χ0n) is 10.5. The molecule has 1 aromatic heterocycles. The van der Waals surface area contributed by atoms with Crippen LogP contribution in [0.5, 0.6) is 5.75 Å². The van der Waals surface area contributed by atoms with E-state index in [1.807, 2.05) is 29.6 Å². The van der Waals surface area contributed by atoms with E-state index < -0.39 is 0 Å². The lowest BCUT2D eigenvalue weighted by molar-refractivity contribution is 0.211. The van der Waals surface area contributed by atoms with Gasteiger partial charge in [0, 0.05) is 24.6 Å². The van der Waals surface area contributed by atoms with Gasteiger partial charge in [-0.25, -0.2) is 4.98 Å². The number of aromatic nitrogens is 1. The Hall–Kier alpha value is -1.59. The van der Waals surface area contributed by atoms with Crippen molar-refractivity contribution in [1.29, 1.82) is 0 Å². The van der Waals surface area contributed by atoms with Crippen molar-refractivity contribution in [3.05, 3.63) is 29.6 Å². The van der Waals surface area contributed by atoms with E-state index in [1.54, 1.807) is 25.6 Å². The SMILES string of the molecule is COCCNc1nc(-c2cccc(OC)c2)cs1. The molecule has 1 N–H and O–H groups in total. The van der Waals surface area contributed by atoms with Gasteiger partial charge in [0.25, 0.3) is 0 Å². The van der Waals surface area contributed by atoms with Crippen LogP contribution < -0.4 is 10.1 Å². The first-order valence-corrected chi connectivity index (χ1v) is 6.54. The van der Waals surface area contributed by atoms with Gasteiger partial charge in [-0.2, -0.15) is 0 Å². The topological polar surface area (TPSA) is 43.4 Å². The first-order valence-electron chi connectivity index (χ1n) is 5.66. The van der Waals surface area contributed by atoms with Gasteiger partial charge in [0.05, 0.1) is 19.4 Å². The molecule has 0 spiro atoms. The molecule has 0 bridgehead atoms. The normalized spacial score (nSPS) is 10.3. The second-order valence-electron chi connectivity index (χ2n) is 3.69. The van der Waals surface area contributed by atoms with E-state index in [1.165, 1.54) is 0 Å². The summed E-state index contributed by atoms with van der Waals surface area (Å²) in [6, 6.07) is 7.89. The third-order valence-corrected chi connectivity index (χ3v) is 3.25. The average Bonchev–Trinajstić information content (AvgIpc) is 2.88. The summed E-state index contributed by atoms with van der Waals surface area (Å²) in [5.74, 6) is 0.842. The predicted molar refractivity (Wildman–Crippen MR) is 74.5 cm³/mol. The van der Waals surface area contributed by atoms with Crippen LogP contribution in [0.3, 0.4) is 0 Å². The summed E-state index contributed by atoms with van der Waals surface area (Å²) in [4.78, 5) is 4.52. The quantitative estimate of drug-likeness (QED) is 0.815. The monoisotopic (exact) mass is 264 g/mol. The summed E-state index contributed by atoms with van der Waals surface area (Å²) in [7, 11) is 3.35. The Bertz CT molecular complexity index is 499. The van der Waals surface area contributed by atoms with Gasteiger partial charge in [-0.1, -0.05) is 12.1 Å². The number of nitrogens with zero attached hydrogens (tertiary/aromatic N) is 1. The summed E-state index contributed by atoms with van der Waals surface area (Å²) < 4.78 is 10.2. The van der Waals surface area contributed by atoms with Gasteiger partial charge in [-0.15, -0.1) is 11.3 Å². The summed E-state index contributed by atoms with van der Waals surface area (Å²) in [6.07, 6.45) is 0. The zero-order chi connectivity index (χ0) is 12.8. The number of nitrogens with one attached hydrogen (secondary N) is 1. The van der Waals surface area contributed by atoms with Crippen LogP contribution in [0, 0.1) is 0 Å². The maximum Gasteiger partial charge on any atom is 0.183 e. The molecule has 0 aliphatic rings. The van der Waals surface area contributed by atoms with Gasteiger partial charge in [0.15, 0.2) is 5.13 Å². The molecule has 2 aromatic rings. The molecule has 0 amide bonds. The number of anilines is 1. The zero-order valence-corrected chi connectivity index (χ0v) is 11.3. The Labute approximate surface area is 111 Å². The molecule has 1 aromatic carbocycles. The summed E-state index contributed by atoms with van der Waals surface area (Å²) in [5, 5.41) is 6.15. The molecule has 0 aliphatic heterocycles. The van der Waals surface area contributed by atoms with Crippen LogP contribution in [-0.2, 0) is 4.74 Å². The van der Waals surface area contributed by atoms with Gasteiger partial charge in [-0.3, -0.25) is 0 Å². The third-order valence-electron chi connectivity index (χ3n) is 2.45. The van der Waals surface area contributed by atoms with Gasteiger partial charge in [-0.05, 0) is 12.1 Å². The maximum absolute atomic E-state index is 5.21.